The minimum atomic E-state index is 0.165. The Morgan fingerprint density at radius 2 is 1.95 bits per heavy atom. The summed E-state index contributed by atoms with van der Waals surface area (Å²) in [6.07, 6.45) is 4.54. The molecule has 1 unspecified atom stereocenters. The minimum Gasteiger partial charge on any atom is -0.309 e. The fourth-order valence-electron chi connectivity index (χ4n) is 2.27. The van der Waals surface area contributed by atoms with E-state index in [9.17, 15) is 0 Å². The summed E-state index contributed by atoms with van der Waals surface area (Å²) in [4.78, 5) is 8.38. The molecule has 0 aliphatic rings. The van der Waals surface area contributed by atoms with Crippen LogP contribution in [0.5, 0.6) is 0 Å². The van der Waals surface area contributed by atoms with E-state index in [-0.39, 0.29) is 5.41 Å². The molecule has 4 heteroatoms. The lowest BCUT2D eigenvalue weighted by Crippen LogP contribution is -2.28. The van der Waals surface area contributed by atoms with Gasteiger partial charge in [-0.25, -0.2) is 4.98 Å². The molecule has 0 aliphatic carbocycles. The lowest BCUT2D eigenvalue weighted by atomic mass is 9.98. The van der Waals surface area contributed by atoms with Crippen LogP contribution >= 0.6 is 11.3 Å². The third kappa shape index (κ3) is 6.90. The Hall–Kier alpha value is -0.450. The number of thiazole rings is 1. The van der Waals surface area contributed by atoms with Crippen LogP contribution in [0.1, 0.15) is 64.3 Å². The van der Waals surface area contributed by atoms with Gasteiger partial charge in [-0.05, 0) is 39.4 Å². The predicted molar refractivity (Wildman–Crippen MR) is 94.1 cm³/mol. The molecule has 0 bridgehead atoms. The van der Waals surface area contributed by atoms with Crippen molar-refractivity contribution in [2.45, 2.75) is 72.4 Å². The van der Waals surface area contributed by atoms with E-state index in [4.69, 9.17) is 0 Å². The molecule has 0 saturated heterocycles. The maximum atomic E-state index is 4.54. The predicted octanol–water partition coefficient (Wildman–Crippen LogP) is 4.04. The van der Waals surface area contributed by atoms with Crippen molar-refractivity contribution in [1.29, 1.82) is 0 Å². The summed E-state index contributed by atoms with van der Waals surface area (Å²) in [5, 5.41) is 4.86. The van der Waals surface area contributed by atoms with E-state index < -0.39 is 0 Å². The number of nitrogens with one attached hydrogen (secondary N) is 1. The summed E-state index contributed by atoms with van der Waals surface area (Å²) in [5.74, 6) is 0. The van der Waals surface area contributed by atoms with Crippen LogP contribution in [-0.2, 0) is 12.0 Å². The van der Waals surface area contributed by atoms with Gasteiger partial charge in [-0.15, -0.1) is 11.3 Å². The van der Waals surface area contributed by atoms with Gasteiger partial charge < -0.3 is 10.2 Å². The third-order valence-corrected chi connectivity index (χ3v) is 5.25. The Labute approximate surface area is 135 Å². The second-order valence-electron chi connectivity index (χ2n) is 6.83. The Morgan fingerprint density at radius 1 is 1.29 bits per heavy atom. The first-order valence-electron chi connectivity index (χ1n) is 8.27. The van der Waals surface area contributed by atoms with Crippen molar-refractivity contribution in [2.75, 3.05) is 19.6 Å². The third-order valence-electron chi connectivity index (χ3n) is 3.83. The summed E-state index contributed by atoms with van der Waals surface area (Å²) < 4.78 is 0. The zero-order chi connectivity index (χ0) is 15.9. The summed E-state index contributed by atoms with van der Waals surface area (Å²) in [6, 6.07) is 0.570. The van der Waals surface area contributed by atoms with Crippen LogP contribution in [0.3, 0.4) is 0 Å². The highest BCUT2D eigenvalue weighted by molar-refractivity contribution is 7.11. The van der Waals surface area contributed by atoms with Gasteiger partial charge in [0.05, 0.1) is 5.01 Å². The van der Waals surface area contributed by atoms with Crippen LogP contribution < -0.4 is 5.32 Å². The molecular formula is C17H33N3S. The molecule has 3 nitrogen and oxygen atoms in total. The van der Waals surface area contributed by atoms with Crippen LogP contribution in [0.25, 0.3) is 0 Å². The summed E-state index contributed by atoms with van der Waals surface area (Å²) in [6.45, 7) is 17.9. The molecule has 1 rings (SSSR count). The highest BCUT2D eigenvalue weighted by Gasteiger charge is 2.17. The number of hydrogen-bond donors (Lipinski definition) is 1. The van der Waals surface area contributed by atoms with Crippen molar-refractivity contribution in [3.63, 3.8) is 0 Å². The molecular weight excluding hydrogens is 278 g/mol. The highest BCUT2D eigenvalue weighted by atomic mass is 32.1. The Morgan fingerprint density at radius 3 is 2.48 bits per heavy atom. The molecule has 1 aromatic rings. The van der Waals surface area contributed by atoms with E-state index in [0.29, 0.717) is 6.04 Å². The number of rotatable bonds is 9. The summed E-state index contributed by atoms with van der Waals surface area (Å²) in [5.41, 5.74) is 0.165. The van der Waals surface area contributed by atoms with Crippen molar-refractivity contribution in [3.05, 3.63) is 16.1 Å². The molecule has 0 spiro atoms. The average Bonchev–Trinajstić information content (AvgIpc) is 2.90. The van der Waals surface area contributed by atoms with Crippen molar-refractivity contribution in [2.24, 2.45) is 0 Å². The van der Waals surface area contributed by atoms with Gasteiger partial charge >= 0.3 is 0 Å². The lowest BCUT2D eigenvalue weighted by molar-refractivity contribution is 0.290. The van der Waals surface area contributed by atoms with Crippen LogP contribution in [0.4, 0.5) is 0 Å². The monoisotopic (exact) mass is 311 g/mol. The van der Waals surface area contributed by atoms with Gasteiger partial charge in [-0.1, -0.05) is 34.6 Å². The van der Waals surface area contributed by atoms with Crippen LogP contribution in [0.2, 0.25) is 0 Å². The largest absolute Gasteiger partial charge is 0.309 e. The normalized spacial score (nSPS) is 13.9. The van der Waals surface area contributed by atoms with Crippen molar-refractivity contribution < 1.29 is 0 Å². The average molecular weight is 312 g/mol. The molecule has 1 atom stereocenters. The Balaban J connectivity index is 2.27. The second-order valence-corrected chi connectivity index (χ2v) is 7.95. The van der Waals surface area contributed by atoms with Crippen LogP contribution in [-0.4, -0.2) is 35.6 Å². The molecule has 21 heavy (non-hydrogen) atoms. The number of nitrogens with zero attached hydrogens (tertiary/aromatic N) is 2. The molecule has 1 N–H and O–H groups in total. The van der Waals surface area contributed by atoms with E-state index in [2.05, 4.69) is 56.7 Å². The van der Waals surface area contributed by atoms with E-state index in [1.807, 2.05) is 17.5 Å². The number of hydrogen-bond acceptors (Lipinski definition) is 4. The first kappa shape index (κ1) is 18.6. The van der Waals surface area contributed by atoms with Gasteiger partial charge in [-0.3, -0.25) is 0 Å². The van der Waals surface area contributed by atoms with Crippen molar-refractivity contribution in [3.8, 4) is 0 Å². The van der Waals surface area contributed by atoms with E-state index in [1.54, 1.807) is 0 Å². The highest BCUT2D eigenvalue weighted by Crippen LogP contribution is 2.26. The zero-order valence-corrected chi connectivity index (χ0v) is 15.5. The molecule has 0 fully saturated rings. The molecule has 1 aromatic heterocycles. The maximum absolute atomic E-state index is 4.54. The van der Waals surface area contributed by atoms with Gasteiger partial charge in [0.1, 0.15) is 0 Å². The van der Waals surface area contributed by atoms with E-state index in [1.165, 1.54) is 29.3 Å². The topological polar surface area (TPSA) is 28.2 Å². The smallest absolute Gasteiger partial charge is 0.0981 e. The van der Waals surface area contributed by atoms with E-state index >= 15 is 0 Å². The Bertz CT molecular complexity index is 391. The van der Waals surface area contributed by atoms with Crippen molar-refractivity contribution in [1.82, 2.24) is 15.2 Å². The van der Waals surface area contributed by atoms with Crippen molar-refractivity contribution >= 4 is 11.3 Å². The molecule has 0 aliphatic heterocycles. The summed E-state index contributed by atoms with van der Waals surface area (Å²) in [7, 11) is 0. The van der Waals surface area contributed by atoms with Gasteiger partial charge in [0, 0.05) is 29.1 Å². The SMILES string of the molecule is CCN(CC)CCCC(C)NCc1cnc(C(C)(C)C)s1. The Kier molecular flexibility index (Phi) is 7.85. The second kappa shape index (κ2) is 8.86. The standard InChI is InChI=1S/C17H33N3S/c1-7-20(8-2)11-9-10-14(3)18-12-15-13-19-16(21-15)17(4,5)6/h13-14,18H,7-12H2,1-6H3. The first-order valence-corrected chi connectivity index (χ1v) is 9.09. The molecule has 0 saturated carbocycles. The van der Waals surface area contributed by atoms with Crippen LogP contribution in [0.15, 0.2) is 6.20 Å². The molecule has 0 radical (unpaired) electrons. The fraction of sp³-hybridized carbons (Fsp3) is 0.824. The van der Waals surface area contributed by atoms with E-state index in [0.717, 1.165) is 19.6 Å². The van der Waals surface area contributed by atoms with Crippen LogP contribution in [0, 0.1) is 0 Å². The van der Waals surface area contributed by atoms with Gasteiger partial charge in [-0.2, -0.15) is 0 Å². The molecule has 0 amide bonds. The molecule has 122 valence electrons. The lowest BCUT2D eigenvalue weighted by Gasteiger charge is -2.19. The van der Waals surface area contributed by atoms with Gasteiger partial charge in [0.25, 0.3) is 0 Å². The quantitative estimate of drug-likeness (QED) is 0.746. The molecule has 1 heterocycles. The summed E-state index contributed by atoms with van der Waals surface area (Å²) >= 11 is 1.84. The van der Waals surface area contributed by atoms with Gasteiger partial charge in [0.2, 0.25) is 0 Å². The minimum absolute atomic E-state index is 0.165. The number of aromatic nitrogens is 1. The zero-order valence-electron chi connectivity index (χ0n) is 14.7. The molecule has 0 aromatic carbocycles. The van der Waals surface area contributed by atoms with Gasteiger partial charge in [0.15, 0.2) is 0 Å². The fourth-order valence-corrected chi connectivity index (χ4v) is 3.19. The maximum Gasteiger partial charge on any atom is 0.0981 e. The first-order chi connectivity index (χ1) is 9.86.